The molecular formula is C44H26N6. The predicted octanol–water partition coefficient (Wildman–Crippen LogP) is 10.5. The lowest BCUT2D eigenvalue weighted by Crippen LogP contribution is -2.01. The van der Waals surface area contributed by atoms with Crippen LogP contribution in [0.1, 0.15) is 0 Å². The molecule has 0 aliphatic carbocycles. The number of rotatable bonds is 4. The molecule has 50 heavy (non-hydrogen) atoms. The summed E-state index contributed by atoms with van der Waals surface area (Å²) in [5.74, 6) is 2.21. The monoisotopic (exact) mass is 638 g/mol. The Balaban J connectivity index is 1.13. The Morgan fingerprint density at radius 1 is 0.320 bits per heavy atom. The van der Waals surface area contributed by atoms with E-state index in [1.165, 1.54) is 10.8 Å². The summed E-state index contributed by atoms with van der Waals surface area (Å²) in [6, 6.07) is 50.1. The molecule has 0 bridgehead atoms. The summed E-state index contributed by atoms with van der Waals surface area (Å²) in [5.41, 5.74) is 4.14. The summed E-state index contributed by atoms with van der Waals surface area (Å²) in [5, 5.41) is 10.2. The van der Waals surface area contributed by atoms with Crippen molar-refractivity contribution in [1.82, 2.24) is 29.9 Å². The molecule has 6 heteroatoms. The highest BCUT2D eigenvalue weighted by Gasteiger charge is 2.17. The summed E-state index contributed by atoms with van der Waals surface area (Å²) < 4.78 is 0. The van der Waals surface area contributed by atoms with Crippen LogP contribution in [-0.4, -0.2) is 29.9 Å². The molecule has 0 radical (unpaired) electrons. The Labute approximate surface area is 286 Å². The fraction of sp³-hybridized carbons (Fsp3) is 0. The summed E-state index contributed by atoms with van der Waals surface area (Å²) in [7, 11) is 0. The largest absolute Gasteiger partial charge is 0.244 e. The van der Waals surface area contributed by atoms with Crippen LogP contribution in [0.25, 0.3) is 99.7 Å². The highest BCUT2D eigenvalue weighted by Crippen LogP contribution is 2.36. The van der Waals surface area contributed by atoms with E-state index >= 15 is 0 Å². The molecule has 232 valence electrons. The van der Waals surface area contributed by atoms with E-state index in [0.717, 1.165) is 60.0 Å². The van der Waals surface area contributed by atoms with Gasteiger partial charge in [0.1, 0.15) is 5.69 Å². The van der Waals surface area contributed by atoms with Gasteiger partial charge in [-0.25, -0.2) is 29.9 Å². The van der Waals surface area contributed by atoms with Crippen LogP contribution >= 0.6 is 0 Å². The van der Waals surface area contributed by atoms with E-state index in [2.05, 4.69) is 109 Å². The van der Waals surface area contributed by atoms with Gasteiger partial charge >= 0.3 is 0 Å². The molecule has 0 aliphatic heterocycles. The number of aromatic nitrogens is 6. The van der Waals surface area contributed by atoms with Gasteiger partial charge in [0.25, 0.3) is 0 Å². The summed E-state index contributed by atoms with van der Waals surface area (Å²) in [6.45, 7) is 0. The van der Waals surface area contributed by atoms with Crippen LogP contribution in [0.2, 0.25) is 0 Å². The second-order valence-corrected chi connectivity index (χ2v) is 12.4. The van der Waals surface area contributed by atoms with Gasteiger partial charge in [-0.1, -0.05) is 127 Å². The van der Waals surface area contributed by atoms with Crippen LogP contribution in [0.3, 0.4) is 0 Å². The lowest BCUT2D eigenvalue weighted by molar-refractivity contribution is 1.06. The third-order valence-corrected chi connectivity index (χ3v) is 9.36. The molecule has 3 aromatic heterocycles. The maximum absolute atomic E-state index is 5.07. The van der Waals surface area contributed by atoms with Crippen LogP contribution < -0.4 is 0 Å². The lowest BCUT2D eigenvalue weighted by atomic mass is 9.97. The first-order valence-corrected chi connectivity index (χ1v) is 16.5. The van der Waals surface area contributed by atoms with Crippen LogP contribution in [0.5, 0.6) is 0 Å². The minimum Gasteiger partial charge on any atom is -0.244 e. The van der Waals surface area contributed by atoms with Crippen LogP contribution in [-0.2, 0) is 0 Å². The van der Waals surface area contributed by atoms with E-state index in [4.69, 9.17) is 29.9 Å². The van der Waals surface area contributed by atoms with Gasteiger partial charge in [0.05, 0.1) is 11.1 Å². The molecule has 0 fully saturated rings. The zero-order chi connectivity index (χ0) is 33.0. The molecule has 3 heterocycles. The second kappa shape index (κ2) is 11.4. The number of benzene rings is 7. The molecule has 6 nitrogen and oxygen atoms in total. The Kier molecular flexibility index (Phi) is 6.39. The quantitative estimate of drug-likeness (QED) is 0.179. The highest BCUT2D eigenvalue weighted by molar-refractivity contribution is 6.22. The third-order valence-electron chi connectivity index (χ3n) is 9.36. The molecule has 0 atom stereocenters. The minimum atomic E-state index is 0.500. The van der Waals surface area contributed by atoms with Crippen LogP contribution in [0, 0.1) is 0 Å². The Morgan fingerprint density at radius 2 is 0.820 bits per heavy atom. The second-order valence-electron chi connectivity index (χ2n) is 12.4. The van der Waals surface area contributed by atoms with Gasteiger partial charge in [-0.05, 0) is 50.5 Å². The molecular weight excluding hydrogens is 613 g/mol. The van der Waals surface area contributed by atoms with E-state index in [1.54, 1.807) is 12.4 Å². The smallest absolute Gasteiger partial charge is 0.178 e. The molecule has 10 aromatic rings. The normalized spacial score (nSPS) is 11.6. The standard InChI is InChI=1S/C44H26N6/c1-3-12-30-23-32(19-17-27(30)9-1)41-48-42(33-20-18-28-10-2-4-13-31(28)24-33)50-43(49-41)34-25-45-44(46-26-34)40-37-22-21-29-11-5-6-14-35(29)39(37)36-15-7-8-16-38(36)47-40/h1-26H. The predicted molar refractivity (Wildman–Crippen MR) is 202 cm³/mol. The van der Waals surface area contributed by atoms with Gasteiger partial charge < -0.3 is 0 Å². The SMILES string of the molecule is c1ccc2cc(-c3nc(-c4cnc(-c5nc6ccccc6c6c5ccc5ccccc56)nc4)nc(-c4ccc5ccccc5c4)n3)ccc2c1. The third kappa shape index (κ3) is 4.73. The Hall–Kier alpha value is -6.92. The number of hydrogen-bond acceptors (Lipinski definition) is 6. The van der Waals surface area contributed by atoms with Crippen molar-refractivity contribution in [2.24, 2.45) is 0 Å². The minimum absolute atomic E-state index is 0.500. The first kappa shape index (κ1) is 28.1. The fourth-order valence-corrected chi connectivity index (χ4v) is 6.88. The van der Waals surface area contributed by atoms with Crippen molar-refractivity contribution >= 4 is 54.0 Å². The molecule has 0 amide bonds. The van der Waals surface area contributed by atoms with Crippen molar-refractivity contribution in [1.29, 1.82) is 0 Å². The molecule has 0 aliphatic rings. The average molecular weight is 639 g/mol. The highest BCUT2D eigenvalue weighted by atomic mass is 15.0. The van der Waals surface area contributed by atoms with E-state index in [-0.39, 0.29) is 0 Å². The first-order chi connectivity index (χ1) is 24.7. The topological polar surface area (TPSA) is 77.3 Å². The molecule has 10 rings (SSSR count). The number of fused-ring (bicyclic) bond motifs is 7. The molecule has 7 aromatic carbocycles. The fourth-order valence-electron chi connectivity index (χ4n) is 6.88. The summed E-state index contributed by atoms with van der Waals surface area (Å²) in [6.07, 6.45) is 3.57. The van der Waals surface area contributed by atoms with Gasteiger partial charge in [0.2, 0.25) is 0 Å². The van der Waals surface area contributed by atoms with E-state index < -0.39 is 0 Å². The molecule has 0 N–H and O–H groups in total. The number of para-hydroxylation sites is 1. The van der Waals surface area contributed by atoms with E-state index in [0.29, 0.717) is 28.9 Å². The molecule has 0 unspecified atom stereocenters. The molecule has 0 saturated heterocycles. The number of hydrogen-bond donors (Lipinski definition) is 0. The van der Waals surface area contributed by atoms with Gasteiger partial charge in [0.15, 0.2) is 23.3 Å². The Bertz CT molecular complexity index is 2820. The summed E-state index contributed by atoms with van der Waals surface area (Å²) in [4.78, 5) is 29.8. The van der Waals surface area contributed by atoms with E-state index in [1.807, 2.05) is 36.4 Å². The van der Waals surface area contributed by atoms with Gasteiger partial charge in [-0.15, -0.1) is 0 Å². The van der Waals surface area contributed by atoms with Crippen molar-refractivity contribution in [3.05, 3.63) is 158 Å². The van der Waals surface area contributed by atoms with Gasteiger partial charge in [0, 0.05) is 39.7 Å². The zero-order valence-corrected chi connectivity index (χ0v) is 26.7. The van der Waals surface area contributed by atoms with Crippen molar-refractivity contribution in [2.45, 2.75) is 0 Å². The van der Waals surface area contributed by atoms with E-state index in [9.17, 15) is 0 Å². The van der Waals surface area contributed by atoms with Crippen molar-refractivity contribution in [2.75, 3.05) is 0 Å². The molecule has 0 saturated carbocycles. The maximum atomic E-state index is 5.07. The van der Waals surface area contributed by atoms with Crippen molar-refractivity contribution in [3.63, 3.8) is 0 Å². The van der Waals surface area contributed by atoms with Crippen LogP contribution in [0.15, 0.2) is 158 Å². The van der Waals surface area contributed by atoms with Gasteiger partial charge in [-0.2, -0.15) is 0 Å². The van der Waals surface area contributed by atoms with Crippen LogP contribution in [0.4, 0.5) is 0 Å². The Morgan fingerprint density at radius 3 is 1.46 bits per heavy atom. The number of pyridine rings is 1. The number of nitrogens with zero attached hydrogens (tertiary/aromatic N) is 6. The van der Waals surface area contributed by atoms with Gasteiger partial charge in [-0.3, -0.25) is 0 Å². The first-order valence-electron chi connectivity index (χ1n) is 16.5. The summed E-state index contributed by atoms with van der Waals surface area (Å²) >= 11 is 0. The average Bonchev–Trinajstić information content (AvgIpc) is 3.20. The van der Waals surface area contributed by atoms with Crippen molar-refractivity contribution in [3.8, 4) is 45.7 Å². The molecule has 0 spiro atoms. The zero-order valence-electron chi connectivity index (χ0n) is 26.7. The lowest BCUT2D eigenvalue weighted by Gasteiger charge is -2.12. The van der Waals surface area contributed by atoms with Crippen molar-refractivity contribution < 1.29 is 0 Å². The maximum Gasteiger partial charge on any atom is 0.178 e.